The van der Waals surface area contributed by atoms with Crippen molar-refractivity contribution in [1.29, 1.82) is 0 Å². The molecule has 3 nitrogen and oxygen atoms in total. The van der Waals surface area contributed by atoms with Crippen LogP contribution in [0.2, 0.25) is 0 Å². The van der Waals surface area contributed by atoms with Gasteiger partial charge in [0.05, 0.1) is 17.8 Å². The first kappa shape index (κ1) is 25.0. The predicted molar refractivity (Wildman–Crippen MR) is 129 cm³/mol. The van der Waals surface area contributed by atoms with Crippen LogP contribution in [0.3, 0.4) is 0 Å². The van der Waals surface area contributed by atoms with Crippen molar-refractivity contribution in [2.24, 2.45) is 23.2 Å². The van der Waals surface area contributed by atoms with Crippen LogP contribution in [-0.2, 0) is 0 Å². The number of hydrogen-bond donors (Lipinski definition) is 3. The van der Waals surface area contributed by atoms with Gasteiger partial charge in [0.15, 0.2) is 0 Å². The van der Waals surface area contributed by atoms with E-state index in [1.165, 1.54) is 49.7 Å². The van der Waals surface area contributed by atoms with Crippen molar-refractivity contribution in [2.45, 2.75) is 129 Å². The third kappa shape index (κ3) is 6.03. The molecule has 3 heteroatoms. The van der Waals surface area contributed by atoms with Crippen LogP contribution in [0.25, 0.3) is 0 Å². The van der Waals surface area contributed by atoms with E-state index in [9.17, 15) is 15.3 Å². The summed E-state index contributed by atoms with van der Waals surface area (Å²) in [4.78, 5) is 0. The van der Waals surface area contributed by atoms with Gasteiger partial charge >= 0.3 is 0 Å². The van der Waals surface area contributed by atoms with Gasteiger partial charge in [-0.2, -0.15) is 0 Å². The Morgan fingerprint density at radius 3 is 2.48 bits per heavy atom. The Balaban J connectivity index is 1.75. The molecule has 178 valence electrons. The molecule has 3 saturated carbocycles. The fraction of sp³-hybridized carbons (Fsp3) is 0.857. The fourth-order valence-corrected chi connectivity index (χ4v) is 7.32. The van der Waals surface area contributed by atoms with Crippen molar-refractivity contribution in [3.05, 3.63) is 22.8 Å². The number of aliphatic hydroxyl groups excluding tert-OH is 2. The summed E-state index contributed by atoms with van der Waals surface area (Å²) in [6, 6.07) is 0. The lowest BCUT2D eigenvalue weighted by Gasteiger charge is -2.44. The highest BCUT2D eigenvalue weighted by Crippen LogP contribution is 2.60. The fourth-order valence-electron chi connectivity index (χ4n) is 7.32. The second-order valence-corrected chi connectivity index (χ2v) is 11.9. The summed E-state index contributed by atoms with van der Waals surface area (Å²) < 4.78 is 0. The summed E-state index contributed by atoms with van der Waals surface area (Å²) in [5.41, 5.74) is 4.14. The molecule has 6 atom stereocenters. The van der Waals surface area contributed by atoms with E-state index >= 15 is 0 Å². The first-order chi connectivity index (χ1) is 14.5. The summed E-state index contributed by atoms with van der Waals surface area (Å²) in [5, 5.41) is 30.4. The molecule has 3 fully saturated rings. The third-order valence-corrected chi connectivity index (χ3v) is 8.88. The van der Waals surface area contributed by atoms with Gasteiger partial charge in [0, 0.05) is 0 Å². The zero-order chi connectivity index (χ0) is 22.8. The SMILES string of the molecule is CCC(/C=C1\CCC[C@]2(C)[C@@H]([C@H](C)CCCC(C)(C)O)CC[C@@H]12)=C1C[C@@H](O)C[C@H](O)C1. The minimum atomic E-state index is -0.549. The average molecular weight is 433 g/mol. The molecule has 0 spiro atoms. The lowest BCUT2D eigenvalue weighted by molar-refractivity contribution is 0.0589. The van der Waals surface area contributed by atoms with Gasteiger partial charge in [-0.1, -0.05) is 50.8 Å². The Morgan fingerprint density at radius 2 is 1.87 bits per heavy atom. The smallest absolute Gasteiger partial charge is 0.0602 e. The van der Waals surface area contributed by atoms with Crippen molar-refractivity contribution < 1.29 is 15.3 Å². The topological polar surface area (TPSA) is 60.7 Å². The third-order valence-electron chi connectivity index (χ3n) is 8.88. The van der Waals surface area contributed by atoms with Crippen molar-refractivity contribution in [2.75, 3.05) is 0 Å². The van der Waals surface area contributed by atoms with E-state index in [-0.39, 0.29) is 0 Å². The number of fused-ring (bicyclic) bond motifs is 1. The standard InChI is InChI=1S/C28H48O3/c1-6-20(22-16-23(29)18-24(30)17-22)15-21-10-8-14-28(5)25(11-12-26(21)28)19(2)9-7-13-27(3,4)31/h15,19,23-26,29-31H,6-14,16-18H2,1-5H3/b21-15+/t19-,23-,24-,25-,26+,28-/m1/s1. The van der Waals surface area contributed by atoms with Crippen LogP contribution in [0.15, 0.2) is 22.8 Å². The van der Waals surface area contributed by atoms with Crippen LogP contribution in [0.5, 0.6) is 0 Å². The van der Waals surface area contributed by atoms with Crippen molar-refractivity contribution in [3.63, 3.8) is 0 Å². The Bertz CT molecular complexity index is 658. The van der Waals surface area contributed by atoms with Crippen LogP contribution < -0.4 is 0 Å². The number of hydrogen-bond acceptors (Lipinski definition) is 3. The second kappa shape index (κ2) is 10.1. The summed E-state index contributed by atoms with van der Waals surface area (Å²) in [7, 11) is 0. The molecule has 3 N–H and O–H groups in total. The first-order valence-electron chi connectivity index (χ1n) is 13.0. The highest BCUT2D eigenvalue weighted by molar-refractivity contribution is 5.33. The maximum atomic E-state index is 10.2. The Hall–Kier alpha value is -0.640. The Labute approximate surface area is 191 Å². The van der Waals surface area contributed by atoms with E-state index in [4.69, 9.17) is 0 Å². The molecule has 0 aromatic carbocycles. The zero-order valence-electron chi connectivity index (χ0n) is 20.8. The quantitative estimate of drug-likeness (QED) is 0.441. The van der Waals surface area contributed by atoms with Crippen LogP contribution >= 0.6 is 0 Å². The van der Waals surface area contributed by atoms with Crippen molar-refractivity contribution >= 4 is 0 Å². The molecule has 0 aromatic heterocycles. The minimum Gasteiger partial charge on any atom is -0.393 e. The maximum Gasteiger partial charge on any atom is 0.0602 e. The van der Waals surface area contributed by atoms with E-state index in [0.29, 0.717) is 23.7 Å². The predicted octanol–water partition coefficient (Wildman–Crippen LogP) is 6.32. The molecule has 0 unspecified atom stereocenters. The summed E-state index contributed by atoms with van der Waals surface area (Å²) in [6.07, 6.45) is 14.4. The number of allylic oxidation sites excluding steroid dienone is 3. The van der Waals surface area contributed by atoms with Crippen LogP contribution in [0, 0.1) is 23.2 Å². The van der Waals surface area contributed by atoms with Crippen LogP contribution in [-0.4, -0.2) is 33.1 Å². The van der Waals surface area contributed by atoms with Gasteiger partial charge in [-0.25, -0.2) is 0 Å². The van der Waals surface area contributed by atoms with E-state index in [0.717, 1.165) is 38.0 Å². The highest BCUT2D eigenvalue weighted by atomic mass is 16.3. The molecular formula is C28H48O3. The first-order valence-corrected chi connectivity index (χ1v) is 13.0. The van der Waals surface area contributed by atoms with Crippen LogP contribution in [0.1, 0.15) is 112 Å². The Morgan fingerprint density at radius 1 is 1.19 bits per heavy atom. The zero-order valence-corrected chi connectivity index (χ0v) is 20.8. The molecule has 0 heterocycles. The van der Waals surface area contributed by atoms with E-state index in [1.807, 2.05) is 13.8 Å². The number of rotatable bonds is 7. The minimum absolute atomic E-state index is 0.393. The van der Waals surface area contributed by atoms with Gasteiger partial charge in [0.2, 0.25) is 0 Å². The molecule has 0 aromatic rings. The van der Waals surface area contributed by atoms with Crippen molar-refractivity contribution in [3.8, 4) is 0 Å². The largest absolute Gasteiger partial charge is 0.393 e. The molecule has 31 heavy (non-hydrogen) atoms. The molecule has 0 saturated heterocycles. The maximum absolute atomic E-state index is 10.2. The molecular weight excluding hydrogens is 384 g/mol. The number of aliphatic hydroxyl groups is 3. The lowest BCUT2D eigenvalue weighted by Crippen LogP contribution is -2.36. The lowest BCUT2D eigenvalue weighted by atomic mass is 9.60. The van der Waals surface area contributed by atoms with Crippen LogP contribution in [0.4, 0.5) is 0 Å². The average Bonchev–Trinajstić information content (AvgIpc) is 3.02. The Kier molecular flexibility index (Phi) is 8.14. The summed E-state index contributed by atoms with van der Waals surface area (Å²) in [5.74, 6) is 2.17. The van der Waals surface area contributed by atoms with E-state index in [2.05, 4.69) is 26.8 Å². The van der Waals surface area contributed by atoms with Gasteiger partial charge in [0.1, 0.15) is 0 Å². The molecule has 0 radical (unpaired) electrons. The second-order valence-electron chi connectivity index (χ2n) is 11.9. The normalized spacial score (nSPS) is 36.5. The van der Waals surface area contributed by atoms with Gasteiger partial charge in [-0.15, -0.1) is 0 Å². The molecule has 0 amide bonds. The van der Waals surface area contributed by atoms with Gasteiger partial charge in [0.25, 0.3) is 0 Å². The van der Waals surface area contributed by atoms with E-state index in [1.54, 1.807) is 5.57 Å². The molecule has 0 bridgehead atoms. The van der Waals surface area contributed by atoms with Crippen molar-refractivity contribution in [1.82, 2.24) is 0 Å². The molecule has 0 aliphatic heterocycles. The summed E-state index contributed by atoms with van der Waals surface area (Å²) in [6.45, 7) is 11.1. The van der Waals surface area contributed by atoms with Gasteiger partial charge in [-0.3, -0.25) is 0 Å². The summed E-state index contributed by atoms with van der Waals surface area (Å²) >= 11 is 0. The molecule has 3 aliphatic rings. The van der Waals surface area contributed by atoms with Gasteiger partial charge < -0.3 is 15.3 Å². The van der Waals surface area contributed by atoms with Gasteiger partial charge in [-0.05, 0) is 107 Å². The molecule has 3 rings (SSSR count). The van der Waals surface area contributed by atoms with E-state index < -0.39 is 17.8 Å². The molecule has 3 aliphatic carbocycles. The highest BCUT2D eigenvalue weighted by Gasteiger charge is 2.50. The monoisotopic (exact) mass is 432 g/mol.